The molecule has 5 heteroatoms. The third-order valence-corrected chi connectivity index (χ3v) is 5.66. The highest BCUT2D eigenvalue weighted by Gasteiger charge is 2.40. The number of nitrogens with two attached hydrogens (primary N) is 1. The molecule has 2 aliphatic rings. The molecule has 4 nitrogen and oxygen atoms in total. The summed E-state index contributed by atoms with van der Waals surface area (Å²) < 4.78 is 29.7. The topological polar surface area (TPSA) is 69.4 Å². The molecule has 1 heterocycles. The van der Waals surface area contributed by atoms with Gasteiger partial charge in [-0.25, -0.2) is 13.6 Å². The molecule has 19 heavy (non-hydrogen) atoms. The van der Waals surface area contributed by atoms with E-state index in [0.717, 1.165) is 29.7 Å². The molecule has 0 amide bonds. The third kappa shape index (κ3) is 2.46. The van der Waals surface area contributed by atoms with Crippen molar-refractivity contribution in [3.05, 3.63) is 21.8 Å². The van der Waals surface area contributed by atoms with Gasteiger partial charge in [-0.1, -0.05) is 13.8 Å². The number of hydrogen-bond donors (Lipinski definition) is 1. The SMILES string of the molecule is CC1=C(S(N)(=O)=O)C(C)C(C)C2=C1CCC(C)(C)O2. The van der Waals surface area contributed by atoms with Crippen molar-refractivity contribution in [1.82, 2.24) is 0 Å². The molecule has 0 aromatic heterocycles. The van der Waals surface area contributed by atoms with Crippen molar-refractivity contribution >= 4 is 10.0 Å². The summed E-state index contributed by atoms with van der Waals surface area (Å²) in [6.07, 6.45) is 1.74. The van der Waals surface area contributed by atoms with Crippen molar-refractivity contribution in [2.24, 2.45) is 17.0 Å². The van der Waals surface area contributed by atoms with E-state index in [4.69, 9.17) is 9.88 Å². The molecule has 0 bridgehead atoms. The van der Waals surface area contributed by atoms with Gasteiger partial charge in [-0.3, -0.25) is 0 Å². The van der Waals surface area contributed by atoms with Gasteiger partial charge in [-0.2, -0.15) is 0 Å². The molecule has 2 N–H and O–H groups in total. The van der Waals surface area contributed by atoms with Gasteiger partial charge < -0.3 is 4.74 Å². The minimum Gasteiger partial charge on any atom is -0.492 e. The van der Waals surface area contributed by atoms with Crippen LogP contribution >= 0.6 is 0 Å². The second kappa shape index (κ2) is 4.35. The fraction of sp³-hybridized carbons (Fsp3) is 0.714. The minimum atomic E-state index is -3.65. The number of hydrogen-bond acceptors (Lipinski definition) is 3. The Bertz CT molecular complexity index is 569. The maximum Gasteiger partial charge on any atom is 0.234 e. The Morgan fingerprint density at radius 1 is 1.26 bits per heavy atom. The van der Waals surface area contributed by atoms with Crippen molar-refractivity contribution < 1.29 is 13.2 Å². The second-order valence-electron chi connectivity index (χ2n) is 6.32. The summed E-state index contributed by atoms with van der Waals surface area (Å²) in [5.41, 5.74) is 1.65. The Hall–Kier alpha value is -0.810. The third-order valence-electron chi connectivity index (χ3n) is 4.37. The lowest BCUT2D eigenvalue weighted by Gasteiger charge is -2.41. The Kier molecular flexibility index (Phi) is 3.34. The predicted octanol–water partition coefficient (Wildman–Crippen LogP) is 2.68. The fourth-order valence-electron chi connectivity index (χ4n) is 3.12. The highest BCUT2D eigenvalue weighted by Crippen LogP contribution is 2.46. The van der Waals surface area contributed by atoms with E-state index in [-0.39, 0.29) is 17.4 Å². The van der Waals surface area contributed by atoms with Gasteiger partial charge >= 0.3 is 0 Å². The highest BCUT2D eigenvalue weighted by atomic mass is 32.2. The molecule has 0 aromatic rings. The maximum atomic E-state index is 11.8. The molecular weight excluding hydrogens is 262 g/mol. The molecule has 0 saturated heterocycles. The van der Waals surface area contributed by atoms with Crippen LogP contribution in [-0.4, -0.2) is 14.0 Å². The lowest BCUT2D eigenvalue weighted by molar-refractivity contribution is -0.00673. The highest BCUT2D eigenvalue weighted by molar-refractivity contribution is 7.93. The molecule has 1 aliphatic carbocycles. The zero-order valence-corrected chi connectivity index (χ0v) is 13.1. The van der Waals surface area contributed by atoms with Crippen LogP contribution in [0.25, 0.3) is 0 Å². The van der Waals surface area contributed by atoms with Crippen LogP contribution in [0.3, 0.4) is 0 Å². The average molecular weight is 285 g/mol. The van der Waals surface area contributed by atoms with Crippen LogP contribution < -0.4 is 5.14 Å². The first-order valence-electron chi connectivity index (χ1n) is 6.70. The first-order chi connectivity index (χ1) is 8.54. The molecule has 108 valence electrons. The van der Waals surface area contributed by atoms with Crippen molar-refractivity contribution in [2.75, 3.05) is 0 Å². The molecule has 1 aliphatic heterocycles. The molecule has 2 rings (SSSR count). The van der Waals surface area contributed by atoms with E-state index >= 15 is 0 Å². The zero-order valence-electron chi connectivity index (χ0n) is 12.3. The van der Waals surface area contributed by atoms with E-state index in [1.807, 2.05) is 20.8 Å². The van der Waals surface area contributed by atoms with Gasteiger partial charge in [0.25, 0.3) is 0 Å². The average Bonchev–Trinajstić information content (AvgIpc) is 2.23. The van der Waals surface area contributed by atoms with Gasteiger partial charge in [0, 0.05) is 11.8 Å². The molecule has 0 aromatic carbocycles. The van der Waals surface area contributed by atoms with Crippen LogP contribution in [0, 0.1) is 11.8 Å². The normalized spacial score (nSPS) is 31.1. The fourth-order valence-corrected chi connectivity index (χ4v) is 4.39. The second-order valence-corrected chi connectivity index (χ2v) is 7.85. The summed E-state index contributed by atoms with van der Waals surface area (Å²) in [6, 6.07) is 0. The lowest BCUT2D eigenvalue weighted by Crippen LogP contribution is -2.36. The first-order valence-corrected chi connectivity index (χ1v) is 8.25. The van der Waals surface area contributed by atoms with Crippen LogP contribution in [0.15, 0.2) is 21.8 Å². The summed E-state index contributed by atoms with van der Waals surface area (Å²) >= 11 is 0. The van der Waals surface area contributed by atoms with Crippen molar-refractivity contribution in [3.63, 3.8) is 0 Å². The van der Waals surface area contributed by atoms with Crippen molar-refractivity contribution in [3.8, 4) is 0 Å². The zero-order chi connectivity index (χ0) is 14.6. The van der Waals surface area contributed by atoms with Gasteiger partial charge in [0.05, 0.1) is 4.91 Å². The van der Waals surface area contributed by atoms with Crippen LogP contribution in [-0.2, 0) is 14.8 Å². The number of ether oxygens (including phenoxy) is 1. The first kappa shape index (κ1) is 14.6. The van der Waals surface area contributed by atoms with Gasteiger partial charge in [-0.15, -0.1) is 0 Å². The summed E-state index contributed by atoms with van der Waals surface area (Å²) in [4.78, 5) is 0.377. The van der Waals surface area contributed by atoms with E-state index in [0.29, 0.717) is 4.91 Å². The number of rotatable bonds is 1. The molecule has 0 spiro atoms. The van der Waals surface area contributed by atoms with E-state index in [1.54, 1.807) is 0 Å². The molecule has 2 unspecified atom stereocenters. The number of primary sulfonamides is 1. The van der Waals surface area contributed by atoms with E-state index in [9.17, 15) is 8.42 Å². The minimum absolute atomic E-state index is 0.0478. The van der Waals surface area contributed by atoms with Gasteiger partial charge in [0.15, 0.2) is 0 Å². The van der Waals surface area contributed by atoms with Gasteiger partial charge in [-0.05, 0) is 44.8 Å². The smallest absolute Gasteiger partial charge is 0.234 e. The quantitative estimate of drug-likeness (QED) is 0.805. The summed E-state index contributed by atoms with van der Waals surface area (Å²) in [5.74, 6) is 0.864. The Labute approximate surface area is 115 Å². The maximum absolute atomic E-state index is 11.8. The Morgan fingerprint density at radius 2 is 1.84 bits per heavy atom. The summed E-state index contributed by atoms with van der Waals surface area (Å²) in [7, 11) is -3.65. The monoisotopic (exact) mass is 285 g/mol. The Balaban J connectivity index is 2.60. The Morgan fingerprint density at radius 3 is 2.37 bits per heavy atom. The molecule has 0 saturated carbocycles. The van der Waals surface area contributed by atoms with Crippen LogP contribution in [0.2, 0.25) is 0 Å². The van der Waals surface area contributed by atoms with E-state index in [2.05, 4.69) is 13.8 Å². The van der Waals surface area contributed by atoms with E-state index < -0.39 is 10.0 Å². The van der Waals surface area contributed by atoms with Crippen LogP contribution in [0.4, 0.5) is 0 Å². The van der Waals surface area contributed by atoms with Gasteiger partial charge in [0.1, 0.15) is 11.4 Å². The molecule has 2 atom stereocenters. The van der Waals surface area contributed by atoms with Crippen molar-refractivity contribution in [1.29, 1.82) is 0 Å². The van der Waals surface area contributed by atoms with Crippen molar-refractivity contribution in [2.45, 2.75) is 53.1 Å². The summed E-state index contributed by atoms with van der Waals surface area (Å²) in [6.45, 7) is 9.91. The lowest BCUT2D eigenvalue weighted by atomic mass is 9.78. The molecule has 0 radical (unpaired) electrons. The number of sulfonamides is 1. The predicted molar refractivity (Wildman–Crippen MR) is 75.6 cm³/mol. The van der Waals surface area contributed by atoms with E-state index in [1.165, 1.54) is 0 Å². The van der Waals surface area contributed by atoms with Crippen LogP contribution in [0.5, 0.6) is 0 Å². The molecular formula is C14H23NO3S. The van der Waals surface area contributed by atoms with Gasteiger partial charge in [0.2, 0.25) is 10.0 Å². The largest absolute Gasteiger partial charge is 0.492 e. The van der Waals surface area contributed by atoms with Crippen LogP contribution in [0.1, 0.15) is 47.5 Å². The molecule has 0 fully saturated rings. The number of allylic oxidation sites excluding steroid dienone is 4. The summed E-state index contributed by atoms with van der Waals surface area (Å²) in [5, 5.41) is 5.38. The standard InChI is InChI=1S/C14H23NO3S/c1-8-9(2)13(19(15,16)17)10(3)11-6-7-14(4,5)18-12(8)11/h8-9H,6-7H2,1-5H3,(H2,15,16,17).